The fourth-order valence-corrected chi connectivity index (χ4v) is 4.16. The molecule has 1 atom stereocenters. The molecule has 1 saturated heterocycles. The molecule has 2 aliphatic heterocycles. The van der Waals surface area contributed by atoms with Gasteiger partial charge < -0.3 is 20.3 Å². The number of nitrogens with one attached hydrogen (secondary N) is 2. The fraction of sp³-hybridized carbons (Fsp3) is 0.444. The van der Waals surface area contributed by atoms with Crippen LogP contribution in [0.3, 0.4) is 0 Å². The predicted octanol–water partition coefficient (Wildman–Crippen LogP) is 3.39. The highest BCUT2D eigenvalue weighted by Crippen LogP contribution is 2.31. The first-order valence-electron chi connectivity index (χ1n) is 8.71. The fourth-order valence-electron chi connectivity index (χ4n) is 3.28. The van der Waals surface area contributed by atoms with Gasteiger partial charge in [-0.05, 0) is 43.5 Å². The number of benzene rings is 1. The van der Waals surface area contributed by atoms with Crippen LogP contribution in [0.4, 0.5) is 15.6 Å². The topological polar surface area (TPSA) is 66.5 Å². The molecule has 3 heterocycles. The molecule has 132 valence electrons. The van der Waals surface area contributed by atoms with Gasteiger partial charge in [0.15, 0.2) is 5.13 Å². The molecular formula is C18H22N4O2S. The van der Waals surface area contributed by atoms with Crippen molar-refractivity contribution in [1.82, 2.24) is 10.3 Å². The maximum absolute atomic E-state index is 12.1. The summed E-state index contributed by atoms with van der Waals surface area (Å²) in [6, 6.07) is 5.54. The van der Waals surface area contributed by atoms with Gasteiger partial charge in [0, 0.05) is 30.6 Å². The van der Waals surface area contributed by atoms with E-state index in [4.69, 9.17) is 4.74 Å². The van der Waals surface area contributed by atoms with Gasteiger partial charge in [0.1, 0.15) is 11.9 Å². The Hall–Kier alpha value is -2.28. The number of rotatable bonds is 4. The standard InChI is InChI=1S/C18H22N4O2S/c1-12-8-13-9-14(4-5-16(13)24-12)20-17(23)19-10-15-11-25-18(21-15)22-6-2-3-7-22/h4-5,9,11-12H,2-3,6-8,10H2,1H3,(H2,19,20,23)/t12-/m1/s1. The molecule has 0 radical (unpaired) electrons. The zero-order valence-electron chi connectivity index (χ0n) is 14.2. The molecule has 25 heavy (non-hydrogen) atoms. The van der Waals surface area contributed by atoms with E-state index in [2.05, 4.69) is 20.5 Å². The molecule has 1 aromatic carbocycles. The van der Waals surface area contributed by atoms with Crippen LogP contribution in [-0.2, 0) is 13.0 Å². The highest BCUT2D eigenvalue weighted by molar-refractivity contribution is 7.13. The number of anilines is 2. The highest BCUT2D eigenvalue weighted by atomic mass is 32.1. The third kappa shape index (κ3) is 3.71. The van der Waals surface area contributed by atoms with Crippen LogP contribution in [0, 0.1) is 0 Å². The second-order valence-corrected chi connectivity index (χ2v) is 7.41. The lowest BCUT2D eigenvalue weighted by Gasteiger charge is -2.12. The van der Waals surface area contributed by atoms with Crippen molar-refractivity contribution in [2.75, 3.05) is 23.3 Å². The zero-order valence-corrected chi connectivity index (χ0v) is 15.1. The molecule has 7 heteroatoms. The first-order valence-corrected chi connectivity index (χ1v) is 9.59. The first-order chi connectivity index (χ1) is 12.2. The van der Waals surface area contributed by atoms with Crippen molar-refractivity contribution >= 4 is 28.2 Å². The summed E-state index contributed by atoms with van der Waals surface area (Å²) in [6.45, 7) is 4.65. The minimum absolute atomic E-state index is 0.202. The normalized spacial score (nSPS) is 18.8. The molecule has 1 fully saturated rings. The molecule has 0 bridgehead atoms. The van der Waals surface area contributed by atoms with E-state index in [-0.39, 0.29) is 12.1 Å². The van der Waals surface area contributed by atoms with Crippen molar-refractivity contribution in [3.63, 3.8) is 0 Å². The van der Waals surface area contributed by atoms with Gasteiger partial charge in [-0.25, -0.2) is 9.78 Å². The van der Waals surface area contributed by atoms with Gasteiger partial charge in [0.05, 0.1) is 12.2 Å². The Kier molecular flexibility index (Phi) is 4.48. The van der Waals surface area contributed by atoms with Gasteiger partial charge in [-0.2, -0.15) is 0 Å². The summed E-state index contributed by atoms with van der Waals surface area (Å²) in [6.07, 6.45) is 3.55. The maximum atomic E-state index is 12.1. The first kappa shape index (κ1) is 16.2. The highest BCUT2D eigenvalue weighted by Gasteiger charge is 2.19. The Bertz CT molecular complexity index is 770. The number of carbonyl (C=O) groups excluding carboxylic acids is 1. The summed E-state index contributed by atoms with van der Waals surface area (Å²) < 4.78 is 5.68. The number of thiazole rings is 1. The molecule has 0 saturated carbocycles. The van der Waals surface area contributed by atoms with Crippen LogP contribution in [0.5, 0.6) is 5.75 Å². The lowest BCUT2D eigenvalue weighted by molar-refractivity contribution is 0.251. The summed E-state index contributed by atoms with van der Waals surface area (Å²) in [4.78, 5) is 19.0. The quantitative estimate of drug-likeness (QED) is 0.879. The number of hydrogen-bond donors (Lipinski definition) is 2. The largest absolute Gasteiger partial charge is 0.490 e. The van der Waals surface area contributed by atoms with Crippen LogP contribution >= 0.6 is 11.3 Å². The number of aromatic nitrogens is 1. The monoisotopic (exact) mass is 358 g/mol. The van der Waals surface area contributed by atoms with Crippen LogP contribution in [0.25, 0.3) is 0 Å². The number of fused-ring (bicyclic) bond motifs is 1. The molecular weight excluding hydrogens is 336 g/mol. The van der Waals surface area contributed by atoms with Crippen LogP contribution in [0.2, 0.25) is 0 Å². The van der Waals surface area contributed by atoms with E-state index in [0.29, 0.717) is 6.54 Å². The third-order valence-corrected chi connectivity index (χ3v) is 5.45. The van der Waals surface area contributed by atoms with Crippen molar-refractivity contribution in [2.24, 2.45) is 0 Å². The molecule has 0 aliphatic carbocycles. The summed E-state index contributed by atoms with van der Waals surface area (Å²) >= 11 is 1.65. The Morgan fingerprint density at radius 1 is 1.40 bits per heavy atom. The molecule has 2 aliphatic rings. The van der Waals surface area contributed by atoms with Gasteiger partial charge in [0.25, 0.3) is 0 Å². The Morgan fingerprint density at radius 2 is 2.24 bits per heavy atom. The van der Waals surface area contributed by atoms with Crippen molar-refractivity contribution in [3.05, 3.63) is 34.8 Å². The summed E-state index contributed by atoms with van der Waals surface area (Å²) in [5.41, 5.74) is 2.82. The van der Waals surface area contributed by atoms with Crippen LogP contribution < -0.4 is 20.3 Å². The molecule has 2 amide bonds. The number of ether oxygens (including phenoxy) is 1. The second kappa shape index (κ2) is 6.92. The van der Waals surface area contributed by atoms with E-state index >= 15 is 0 Å². The smallest absolute Gasteiger partial charge is 0.319 e. The minimum Gasteiger partial charge on any atom is -0.490 e. The Labute approximate surface area is 151 Å². The van der Waals surface area contributed by atoms with Gasteiger partial charge in [-0.15, -0.1) is 11.3 Å². The molecule has 0 unspecified atom stereocenters. The van der Waals surface area contributed by atoms with E-state index in [1.54, 1.807) is 11.3 Å². The van der Waals surface area contributed by atoms with Gasteiger partial charge in [-0.3, -0.25) is 0 Å². The van der Waals surface area contributed by atoms with E-state index in [9.17, 15) is 4.79 Å². The predicted molar refractivity (Wildman–Crippen MR) is 99.7 cm³/mol. The zero-order chi connectivity index (χ0) is 17.2. The SMILES string of the molecule is C[C@@H]1Cc2cc(NC(=O)NCc3csc(N4CCCC4)n3)ccc2O1. The number of urea groups is 1. The molecule has 2 aromatic rings. The molecule has 1 aromatic heterocycles. The van der Waals surface area contributed by atoms with Gasteiger partial charge >= 0.3 is 6.03 Å². The summed E-state index contributed by atoms with van der Waals surface area (Å²) in [7, 11) is 0. The minimum atomic E-state index is -0.220. The molecule has 2 N–H and O–H groups in total. The lowest BCUT2D eigenvalue weighted by Crippen LogP contribution is -2.28. The van der Waals surface area contributed by atoms with Crippen molar-refractivity contribution in [3.8, 4) is 5.75 Å². The molecule has 4 rings (SSSR count). The van der Waals surface area contributed by atoms with Crippen LogP contribution in [-0.4, -0.2) is 30.2 Å². The summed E-state index contributed by atoms with van der Waals surface area (Å²) in [5, 5.41) is 8.82. The summed E-state index contributed by atoms with van der Waals surface area (Å²) in [5.74, 6) is 0.912. The van der Waals surface area contributed by atoms with Crippen molar-refractivity contribution < 1.29 is 9.53 Å². The average molecular weight is 358 g/mol. The lowest BCUT2D eigenvalue weighted by atomic mass is 10.1. The molecule has 6 nitrogen and oxygen atoms in total. The Morgan fingerprint density at radius 3 is 3.08 bits per heavy atom. The van der Waals surface area contributed by atoms with Gasteiger partial charge in [-0.1, -0.05) is 0 Å². The van der Waals surface area contributed by atoms with Gasteiger partial charge in [0.2, 0.25) is 0 Å². The average Bonchev–Trinajstić information content (AvgIpc) is 3.32. The number of hydrogen-bond acceptors (Lipinski definition) is 5. The van der Waals surface area contributed by atoms with E-state index in [1.807, 2.05) is 30.5 Å². The van der Waals surface area contributed by atoms with E-state index in [0.717, 1.165) is 47.3 Å². The third-order valence-electron chi connectivity index (χ3n) is 4.50. The van der Waals surface area contributed by atoms with E-state index < -0.39 is 0 Å². The number of carbonyl (C=O) groups is 1. The second-order valence-electron chi connectivity index (χ2n) is 6.58. The molecule has 0 spiro atoms. The van der Waals surface area contributed by atoms with E-state index in [1.165, 1.54) is 12.8 Å². The Balaban J connectivity index is 1.30. The van der Waals surface area contributed by atoms with Crippen molar-refractivity contribution in [1.29, 1.82) is 0 Å². The van der Waals surface area contributed by atoms with Crippen molar-refractivity contribution in [2.45, 2.75) is 38.8 Å². The number of nitrogens with zero attached hydrogens (tertiary/aromatic N) is 2. The van der Waals surface area contributed by atoms with Crippen LogP contribution in [0.15, 0.2) is 23.6 Å². The number of amides is 2. The van der Waals surface area contributed by atoms with Crippen LogP contribution in [0.1, 0.15) is 31.0 Å². The maximum Gasteiger partial charge on any atom is 0.319 e.